The zero-order valence-electron chi connectivity index (χ0n) is 10.8. The van der Waals surface area contributed by atoms with Crippen LogP contribution in [-0.2, 0) is 4.79 Å². The highest BCUT2D eigenvalue weighted by Gasteiger charge is 2.39. The molecule has 0 saturated carbocycles. The number of anilines is 1. The summed E-state index contributed by atoms with van der Waals surface area (Å²) in [5.41, 5.74) is 0.568. The van der Waals surface area contributed by atoms with Gasteiger partial charge in [-0.15, -0.1) is 0 Å². The van der Waals surface area contributed by atoms with Crippen LogP contribution >= 0.6 is 0 Å². The van der Waals surface area contributed by atoms with Crippen molar-refractivity contribution in [2.24, 2.45) is 0 Å². The van der Waals surface area contributed by atoms with Gasteiger partial charge in [-0.05, 0) is 50.4 Å². The molecule has 2 N–H and O–H groups in total. The third-order valence-corrected chi connectivity index (χ3v) is 3.65. The Morgan fingerprint density at radius 1 is 1.56 bits per heavy atom. The normalized spacial score (nSPS) is 23.1. The van der Waals surface area contributed by atoms with Crippen LogP contribution in [0.25, 0.3) is 0 Å². The molecule has 98 valence electrons. The maximum Gasteiger partial charge on any atom is 0.244 e. The number of benzene rings is 1. The summed E-state index contributed by atoms with van der Waals surface area (Å²) in [6, 6.07) is 4.83. The second kappa shape index (κ2) is 5.06. The molecule has 1 fully saturated rings. The summed E-state index contributed by atoms with van der Waals surface area (Å²) >= 11 is 0. The van der Waals surface area contributed by atoms with Crippen molar-refractivity contribution in [2.45, 2.75) is 38.6 Å². The molecule has 1 aliphatic heterocycles. The van der Waals surface area contributed by atoms with E-state index in [-0.39, 0.29) is 17.4 Å². The fourth-order valence-corrected chi connectivity index (χ4v) is 2.43. The standard InChI is InChI=1S/C14H19FN2O/c1-3-14(7-4-8-16-14)13(18)17-12-6-5-10(2)9-11(12)15/h5-6,9,16H,3-4,7-8H2,1-2H3,(H,17,18). The Balaban J connectivity index is 2.15. The Morgan fingerprint density at radius 2 is 2.33 bits per heavy atom. The van der Waals surface area contributed by atoms with Crippen LogP contribution in [-0.4, -0.2) is 18.0 Å². The number of hydrogen-bond donors (Lipinski definition) is 2. The number of nitrogens with one attached hydrogen (secondary N) is 2. The second-order valence-corrected chi connectivity index (χ2v) is 4.90. The van der Waals surface area contributed by atoms with Gasteiger partial charge in [-0.2, -0.15) is 0 Å². The number of hydrogen-bond acceptors (Lipinski definition) is 2. The first kappa shape index (κ1) is 13.0. The maximum absolute atomic E-state index is 13.7. The fraction of sp³-hybridized carbons (Fsp3) is 0.500. The van der Waals surface area contributed by atoms with Crippen molar-refractivity contribution in [1.29, 1.82) is 0 Å². The first-order chi connectivity index (χ1) is 8.57. The molecule has 1 aliphatic rings. The average Bonchev–Trinajstić information content (AvgIpc) is 2.82. The average molecular weight is 250 g/mol. The maximum atomic E-state index is 13.7. The van der Waals surface area contributed by atoms with Crippen LogP contribution in [0, 0.1) is 12.7 Å². The molecule has 1 amide bonds. The van der Waals surface area contributed by atoms with Gasteiger partial charge in [-0.1, -0.05) is 13.0 Å². The lowest BCUT2D eigenvalue weighted by molar-refractivity contribution is -0.122. The van der Waals surface area contributed by atoms with Crippen LogP contribution < -0.4 is 10.6 Å². The molecule has 18 heavy (non-hydrogen) atoms. The van der Waals surface area contributed by atoms with Crippen molar-refractivity contribution in [1.82, 2.24) is 5.32 Å². The third-order valence-electron chi connectivity index (χ3n) is 3.65. The van der Waals surface area contributed by atoms with Gasteiger partial charge in [0, 0.05) is 0 Å². The lowest BCUT2D eigenvalue weighted by Gasteiger charge is -2.26. The van der Waals surface area contributed by atoms with Gasteiger partial charge in [0.05, 0.1) is 11.2 Å². The summed E-state index contributed by atoms with van der Waals surface area (Å²) in [5.74, 6) is -0.516. The minimum atomic E-state index is -0.530. The van der Waals surface area contributed by atoms with Gasteiger partial charge in [-0.25, -0.2) is 4.39 Å². The smallest absolute Gasteiger partial charge is 0.244 e. The highest BCUT2D eigenvalue weighted by Crippen LogP contribution is 2.25. The second-order valence-electron chi connectivity index (χ2n) is 4.90. The van der Waals surface area contributed by atoms with Crippen LogP contribution in [0.15, 0.2) is 18.2 Å². The van der Waals surface area contributed by atoms with Gasteiger partial charge < -0.3 is 10.6 Å². The number of carbonyl (C=O) groups is 1. The molecule has 0 bridgehead atoms. The van der Waals surface area contributed by atoms with Crippen molar-refractivity contribution in [2.75, 3.05) is 11.9 Å². The zero-order chi connectivity index (χ0) is 13.2. The van der Waals surface area contributed by atoms with Gasteiger partial charge in [0.15, 0.2) is 0 Å². The Morgan fingerprint density at radius 3 is 2.89 bits per heavy atom. The van der Waals surface area contributed by atoms with Crippen molar-refractivity contribution >= 4 is 11.6 Å². The molecule has 1 atom stereocenters. The van der Waals surface area contributed by atoms with Crippen molar-refractivity contribution < 1.29 is 9.18 Å². The Bertz CT molecular complexity index is 453. The zero-order valence-corrected chi connectivity index (χ0v) is 10.8. The van der Waals surface area contributed by atoms with E-state index in [0.29, 0.717) is 6.42 Å². The summed E-state index contributed by atoms with van der Waals surface area (Å²) in [4.78, 5) is 12.3. The van der Waals surface area contributed by atoms with Crippen LogP contribution in [0.3, 0.4) is 0 Å². The lowest BCUT2D eigenvalue weighted by atomic mass is 9.93. The van der Waals surface area contributed by atoms with Crippen molar-refractivity contribution in [3.8, 4) is 0 Å². The highest BCUT2D eigenvalue weighted by molar-refractivity contribution is 5.98. The van der Waals surface area contributed by atoms with Crippen molar-refractivity contribution in [3.05, 3.63) is 29.6 Å². The molecule has 1 aromatic rings. The van der Waals surface area contributed by atoms with Crippen LogP contribution in [0.2, 0.25) is 0 Å². The number of amides is 1. The molecule has 1 aromatic carbocycles. The largest absolute Gasteiger partial charge is 0.322 e. The molecular weight excluding hydrogens is 231 g/mol. The van der Waals surface area contributed by atoms with E-state index in [0.717, 1.165) is 24.9 Å². The van der Waals surface area contributed by atoms with E-state index in [2.05, 4.69) is 10.6 Å². The summed E-state index contributed by atoms with van der Waals surface area (Å²) in [6.45, 7) is 4.64. The molecular formula is C14H19FN2O. The summed E-state index contributed by atoms with van der Waals surface area (Å²) < 4.78 is 13.7. The summed E-state index contributed by atoms with van der Waals surface area (Å²) in [6.07, 6.45) is 2.51. The predicted octanol–water partition coefficient (Wildman–Crippen LogP) is 2.60. The van der Waals surface area contributed by atoms with E-state index in [4.69, 9.17) is 0 Å². The van der Waals surface area contributed by atoms with E-state index in [1.807, 2.05) is 13.8 Å². The lowest BCUT2D eigenvalue weighted by Crippen LogP contribution is -2.50. The molecule has 0 aliphatic carbocycles. The molecule has 0 aromatic heterocycles. The van der Waals surface area contributed by atoms with E-state index < -0.39 is 5.54 Å². The monoisotopic (exact) mass is 250 g/mol. The van der Waals surface area contributed by atoms with Gasteiger partial charge in [0.2, 0.25) is 5.91 Å². The first-order valence-corrected chi connectivity index (χ1v) is 6.40. The molecule has 2 rings (SSSR count). The summed E-state index contributed by atoms with van der Waals surface area (Å²) in [7, 11) is 0. The number of rotatable bonds is 3. The molecule has 0 radical (unpaired) electrons. The van der Waals surface area contributed by atoms with E-state index >= 15 is 0 Å². The Kier molecular flexibility index (Phi) is 3.66. The Hall–Kier alpha value is -1.42. The van der Waals surface area contributed by atoms with Crippen LogP contribution in [0.5, 0.6) is 0 Å². The van der Waals surface area contributed by atoms with E-state index in [9.17, 15) is 9.18 Å². The SMILES string of the molecule is CCC1(C(=O)Nc2ccc(C)cc2F)CCCN1. The van der Waals surface area contributed by atoms with E-state index in [1.54, 1.807) is 12.1 Å². The Labute approximate surface area is 107 Å². The van der Waals surface area contributed by atoms with Gasteiger partial charge in [0.25, 0.3) is 0 Å². The highest BCUT2D eigenvalue weighted by atomic mass is 19.1. The number of carbonyl (C=O) groups excluding carboxylic acids is 1. The molecule has 4 heteroatoms. The minimum Gasteiger partial charge on any atom is -0.322 e. The fourth-order valence-electron chi connectivity index (χ4n) is 2.43. The molecule has 1 saturated heterocycles. The van der Waals surface area contributed by atoms with Gasteiger partial charge in [0.1, 0.15) is 5.82 Å². The van der Waals surface area contributed by atoms with Crippen molar-refractivity contribution in [3.63, 3.8) is 0 Å². The van der Waals surface area contributed by atoms with Gasteiger partial charge in [-0.3, -0.25) is 4.79 Å². The number of aryl methyl sites for hydroxylation is 1. The molecule has 1 unspecified atom stereocenters. The third kappa shape index (κ3) is 2.38. The number of halogens is 1. The van der Waals surface area contributed by atoms with Crippen LogP contribution in [0.1, 0.15) is 31.7 Å². The minimum absolute atomic E-state index is 0.134. The quantitative estimate of drug-likeness (QED) is 0.865. The molecule has 3 nitrogen and oxygen atoms in total. The van der Waals surface area contributed by atoms with E-state index in [1.165, 1.54) is 6.07 Å². The predicted molar refractivity (Wildman–Crippen MR) is 70.0 cm³/mol. The molecule has 0 spiro atoms. The van der Waals surface area contributed by atoms with Crippen LogP contribution in [0.4, 0.5) is 10.1 Å². The molecule has 1 heterocycles. The first-order valence-electron chi connectivity index (χ1n) is 6.40. The van der Waals surface area contributed by atoms with Gasteiger partial charge >= 0.3 is 0 Å². The summed E-state index contributed by atoms with van der Waals surface area (Å²) in [5, 5.41) is 5.93. The topological polar surface area (TPSA) is 41.1 Å².